The summed E-state index contributed by atoms with van der Waals surface area (Å²) in [6.45, 7) is 6.03. The first-order valence-corrected chi connectivity index (χ1v) is 8.24. The number of rotatable bonds is 2. The fourth-order valence-electron chi connectivity index (χ4n) is 2.58. The Bertz CT molecular complexity index is 360. The second-order valence-electron chi connectivity index (χ2n) is 6.20. The van der Waals surface area contributed by atoms with Gasteiger partial charge in [-0.15, -0.1) is 12.4 Å². The van der Waals surface area contributed by atoms with Crippen LogP contribution in [0.1, 0.15) is 33.1 Å². The largest absolute Gasteiger partial charge is 0.363 e. The average molecular weight is 298 g/mol. The first kappa shape index (κ1) is 16.2. The zero-order chi connectivity index (χ0) is 12.5. The first-order valence-electron chi connectivity index (χ1n) is 6.42. The Morgan fingerprint density at radius 2 is 2.11 bits per heavy atom. The number of ether oxygens (including phenoxy) is 1. The van der Waals surface area contributed by atoms with Gasteiger partial charge in [0.1, 0.15) is 6.23 Å². The number of hydrogen-bond acceptors (Lipinski definition) is 4. The lowest BCUT2D eigenvalue weighted by Crippen LogP contribution is -2.48. The van der Waals surface area contributed by atoms with Crippen LogP contribution in [0.4, 0.5) is 0 Å². The zero-order valence-corrected chi connectivity index (χ0v) is 12.8. The second kappa shape index (κ2) is 6.07. The lowest BCUT2D eigenvalue weighted by molar-refractivity contribution is -0.0667. The molecule has 6 heteroatoms. The van der Waals surface area contributed by atoms with Crippen molar-refractivity contribution in [2.24, 2.45) is 11.3 Å². The molecule has 2 fully saturated rings. The van der Waals surface area contributed by atoms with Gasteiger partial charge in [0.2, 0.25) is 0 Å². The normalized spacial score (nSPS) is 34.6. The van der Waals surface area contributed by atoms with Crippen molar-refractivity contribution >= 4 is 22.2 Å². The molecule has 2 aliphatic rings. The van der Waals surface area contributed by atoms with Gasteiger partial charge < -0.3 is 4.74 Å². The maximum absolute atomic E-state index is 11.5. The van der Waals surface area contributed by atoms with Gasteiger partial charge in [-0.25, -0.2) is 8.42 Å². The molecule has 0 radical (unpaired) electrons. The van der Waals surface area contributed by atoms with Crippen LogP contribution in [-0.4, -0.2) is 39.3 Å². The molecule has 2 aliphatic heterocycles. The molecule has 0 amide bonds. The first-order chi connectivity index (χ1) is 7.86. The summed E-state index contributed by atoms with van der Waals surface area (Å²) in [5.74, 6) is 0.986. The maximum atomic E-state index is 11.5. The molecule has 2 unspecified atom stereocenters. The van der Waals surface area contributed by atoms with Gasteiger partial charge in [-0.2, -0.15) is 0 Å². The molecule has 1 N–H and O–H groups in total. The molecular formula is C12H24ClNO3S. The van der Waals surface area contributed by atoms with E-state index in [2.05, 4.69) is 19.2 Å². The van der Waals surface area contributed by atoms with Crippen LogP contribution in [0.2, 0.25) is 0 Å². The van der Waals surface area contributed by atoms with Crippen molar-refractivity contribution in [1.29, 1.82) is 0 Å². The summed E-state index contributed by atoms with van der Waals surface area (Å²) >= 11 is 0. The van der Waals surface area contributed by atoms with Crippen LogP contribution < -0.4 is 5.32 Å². The SMILES string of the molecule is CC1(C)CNC(CC2CCCS(=O)(=O)C2)OC1.Cl. The minimum absolute atomic E-state index is 0. The van der Waals surface area contributed by atoms with E-state index in [1.807, 2.05) is 0 Å². The van der Waals surface area contributed by atoms with Crippen LogP contribution in [0.5, 0.6) is 0 Å². The topological polar surface area (TPSA) is 55.4 Å². The lowest BCUT2D eigenvalue weighted by atomic mass is 9.92. The Kier molecular flexibility index (Phi) is 5.47. The van der Waals surface area contributed by atoms with E-state index in [0.29, 0.717) is 11.5 Å². The van der Waals surface area contributed by atoms with Crippen molar-refractivity contribution in [3.63, 3.8) is 0 Å². The summed E-state index contributed by atoms with van der Waals surface area (Å²) in [7, 11) is -2.79. The minimum Gasteiger partial charge on any atom is -0.363 e. The standard InChI is InChI=1S/C12H23NO3S.ClH/c1-12(2)8-13-11(16-9-12)6-10-4-3-5-17(14,15)7-10;/h10-11,13H,3-9H2,1-2H3;1H. The highest BCUT2D eigenvalue weighted by atomic mass is 35.5. The summed E-state index contributed by atoms with van der Waals surface area (Å²) < 4.78 is 28.8. The van der Waals surface area contributed by atoms with E-state index in [4.69, 9.17) is 4.74 Å². The summed E-state index contributed by atoms with van der Waals surface area (Å²) in [5.41, 5.74) is 0.190. The number of hydrogen-bond donors (Lipinski definition) is 1. The van der Waals surface area contributed by atoms with Crippen LogP contribution in [-0.2, 0) is 14.6 Å². The third kappa shape index (κ3) is 4.68. The van der Waals surface area contributed by atoms with Crippen LogP contribution >= 0.6 is 12.4 Å². The summed E-state index contributed by atoms with van der Waals surface area (Å²) in [6.07, 6.45) is 2.70. The monoisotopic (exact) mass is 297 g/mol. The minimum atomic E-state index is -2.79. The number of sulfone groups is 1. The molecule has 0 aromatic carbocycles. The molecular weight excluding hydrogens is 274 g/mol. The lowest BCUT2D eigenvalue weighted by Gasteiger charge is -2.37. The van der Waals surface area contributed by atoms with Crippen LogP contribution in [0.15, 0.2) is 0 Å². The van der Waals surface area contributed by atoms with Crippen molar-refractivity contribution < 1.29 is 13.2 Å². The number of halogens is 1. The Hall–Kier alpha value is 0.160. The Morgan fingerprint density at radius 1 is 1.39 bits per heavy atom. The van der Waals surface area contributed by atoms with Gasteiger partial charge in [0.25, 0.3) is 0 Å². The highest BCUT2D eigenvalue weighted by Crippen LogP contribution is 2.26. The molecule has 0 spiro atoms. The van der Waals surface area contributed by atoms with Gasteiger partial charge in [-0.1, -0.05) is 13.8 Å². The molecule has 108 valence electrons. The maximum Gasteiger partial charge on any atom is 0.150 e. The summed E-state index contributed by atoms with van der Waals surface area (Å²) in [4.78, 5) is 0. The van der Waals surface area contributed by atoms with Crippen molar-refractivity contribution in [3.05, 3.63) is 0 Å². The van der Waals surface area contributed by atoms with Gasteiger partial charge in [-0.3, -0.25) is 5.32 Å². The smallest absolute Gasteiger partial charge is 0.150 e. The molecule has 0 aromatic rings. The molecule has 0 aromatic heterocycles. The van der Waals surface area contributed by atoms with Crippen LogP contribution in [0.3, 0.4) is 0 Å². The third-order valence-corrected chi connectivity index (χ3v) is 5.48. The summed E-state index contributed by atoms with van der Waals surface area (Å²) in [5, 5.41) is 3.37. The Morgan fingerprint density at radius 3 is 2.67 bits per heavy atom. The quantitative estimate of drug-likeness (QED) is 0.841. The van der Waals surface area contributed by atoms with Crippen LogP contribution in [0, 0.1) is 11.3 Å². The molecule has 4 nitrogen and oxygen atoms in total. The fourth-order valence-corrected chi connectivity index (χ4v) is 4.38. The Balaban J connectivity index is 0.00000162. The van der Waals surface area contributed by atoms with Crippen molar-refractivity contribution in [3.8, 4) is 0 Å². The molecule has 0 aliphatic carbocycles. The van der Waals surface area contributed by atoms with Gasteiger partial charge >= 0.3 is 0 Å². The van der Waals surface area contributed by atoms with E-state index in [-0.39, 0.29) is 30.0 Å². The van der Waals surface area contributed by atoms with E-state index in [9.17, 15) is 8.42 Å². The average Bonchev–Trinajstić information content (AvgIpc) is 2.20. The van der Waals surface area contributed by atoms with Crippen LogP contribution in [0.25, 0.3) is 0 Å². The van der Waals surface area contributed by atoms with Crippen molar-refractivity contribution in [1.82, 2.24) is 5.32 Å². The van der Waals surface area contributed by atoms with E-state index in [0.717, 1.165) is 32.4 Å². The van der Waals surface area contributed by atoms with E-state index >= 15 is 0 Å². The molecule has 18 heavy (non-hydrogen) atoms. The molecule has 2 heterocycles. The zero-order valence-electron chi connectivity index (χ0n) is 11.1. The molecule has 2 rings (SSSR count). The molecule has 0 bridgehead atoms. The van der Waals surface area contributed by atoms with E-state index < -0.39 is 9.84 Å². The van der Waals surface area contributed by atoms with Gasteiger partial charge in [0.15, 0.2) is 9.84 Å². The van der Waals surface area contributed by atoms with E-state index in [1.165, 1.54) is 0 Å². The summed E-state index contributed by atoms with van der Waals surface area (Å²) in [6, 6.07) is 0. The second-order valence-corrected chi connectivity index (χ2v) is 8.43. The van der Waals surface area contributed by atoms with Crippen molar-refractivity contribution in [2.45, 2.75) is 39.3 Å². The van der Waals surface area contributed by atoms with E-state index in [1.54, 1.807) is 0 Å². The highest BCUT2D eigenvalue weighted by molar-refractivity contribution is 7.91. The predicted octanol–water partition coefficient (Wildman–Crippen LogP) is 1.60. The Labute approximate surface area is 116 Å². The number of nitrogens with one attached hydrogen (secondary N) is 1. The van der Waals surface area contributed by atoms with Gasteiger partial charge in [-0.05, 0) is 25.2 Å². The van der Waals surface area contributed by atoms with Gasteiger partial charge in [0.05, 0.1) is 18.1 Å². The fraction of sp³-hybridized carbons (Fsp3) is 1.00. The molecule has 2 saturated heterocycles. The van der Waals surface area contributed by atoms with Crippen molar-refractivity contribution in [2.75, 3.05) is 24.7 Å². The third-order valence-electron chi connectivity index (χ3n) is 3.59. The highest BCUT2D eigenvalue weighted by Gasteiger charge is 2.31. The molecule has 0 saturated carbocycles. The molecule has 2 atom stereocenters. The van der Waals surface area contributed by atoms with Gasteiger partial charge in [0, 0.05) is 12.0 Å². The predicted molar refractivity (Wildman–Crippen MR) is 74.8 cm³/mol.